The lowest BCUT2D eigenvalue weighted by Gasteiger charge is -2.27. The molecule has 2 aromatic carbocycles. The maximum atomic E-state index is 12.7. The third-order valence-corrected chi connectivity index (χ3v) is 5.95. The van der Waals surface area contributed by atoms with E-state index in [0.717, 1.165) is 16.9 Å². The Morgan fingerprint density at radius 3 is 2.66 bits per heavy atom. The molecule has 2 heterocycles. The summed E-state index contributed by atoms with van der Waals surface area (Å²) in [6, 6.07) is 12.0. The van der Waals surface area contributed by atoms with Gasteiger partial charge in [0.2, 0.25) is 5.91 Å². The molecule has 0 saturated carbocycles. The highest BCUT2D eigenvalue weighted by atomic mass is 35.5. The van der Waals surface area contributed by atoms with Gasteiger partial charge in [-0.3, -0.25) is 4.79 Å². The summed E-state index contributed by atoms with van der Waals surface area (Å²) in [4.78, 5) is 19.3. The fourth-order valence-corrected chi connectivity index (χ4v) is 4.05. The molecule has 29 heavy (non-hydrogen) atoms. The number of morpholine rings is 1. The van der Waals surface area contributed by atoms with E-state index in [1.54, 1.807) is 6.07 Å². The zero-order chi connectivity index (χ0) is 20.4. The molecule has 1 aliphatic rings. The predicted molar refractivity (Wildman–Crippen MR) is 116 cm³/mol. The molecule has 4 rings (SSSR count). The number of aryl methyl sites for hydroxylation is 2. The number of nitrogens with zero attached hydrogens (tertiary/aromatic N) is 3. The van der Waals surface area contributed by atoms with Gasteiger partial charge in [0, 0.05) is 32.5 Å². The van der Waals surface area contributed by atoms with Crippen LogP contribution in [0, 0.1) is 6.92 Å². The van der Waals surface area contributed by atoms with Crippen molar-refractivity contribution in [2.24, 2.45) is 0 Å². The SMILES string of the molecule is Cc1cccc(Cc2nc3cc(Cl)c(Cl)cc3n2CCC(=O)N2CCOCC2)c1. The minimum absolute atomic E-state index is 0.136. The molecular formula is C22H23Cl2N3O2. The maximum absolute atomic E-state index is 12.7. The first-order valence-corrected chi connectivity index (χ1v) is 10.5. The predicted octanol–water partition coefficient (Wildman–Crippen LogP) is 4.49. The van der Waals surface area contributed by atoms with Crippen LogP contribution < -0.4 is 0 Å². The topological polar surface area (TPSA) is 47.4 Å². The van der Waals surface area contributed by atoms with Crippen molar-refractivity contribution in [2.75, 3.05) is 26.3 Å². The van der Waals surface area contributed by atoms with Gasteiger partial charge in [0.15, 0.2) is 0 Å². The summed E-state index contributed by atoms with van der Waals surface area (Å²) >= 11 is 12.5. The van der Waals surface area contributed by atoms with Crippen molar-refractivity contribution < 1.29 is 9.53 Å². The minimum Gasteiger partial charge on any atom is -0.378 e. The van der Waals surface area contributed by atoms with Gasteiger partial charge in [-0.2, -0.15) is 0 Å². The van der Waals surface area contributed by atoms with Crippen molar-refractivity contribution in [2.45, 2.75) is 26.3 Å². The molecule has 0 unspecified atom stereocenters. The Labute approximate surface area is 180 Å². The first-order chi connectivity index (χ1) is 14.0. The van der Waals surface area contributed by atoms with Gasteiger partial charge in [0.25, 0.3) is 0 Å². The van der Waals surface area contributed by atoms with E-state index in [1.165, 1.54) is 11.1 Å². The fraction of sp³-hybridized carbons (Fsp3) is 0.364. The highest BCUT2D eigenvalue weighted by Gasteiger charge is 2.19. The number of carbonyl (C=O) groups is 1. The van der Waals surface area contributed by atoms with Gasteiger partial charge in [-0.15, -0.1) is 0 Å². The number of aromatic nitrogens is 2. The molecule has 5 nitrogen and oxygen atoms in total. The Kier molecular flexibility index (Phi) is 6.09. The summed E-state index contributed by atoms with van der Waals surface area (Å²) in [6.45, 7) is 5.14. The van der Waals surface area contributed by atoms with Gasteiger partial charge < -0.3 is 14.2 Å². The van der Waals surface area contributed by atoms with Crippen LogP contribution in [0.2, 0.25) is 10.0 Å². The molecule has 0 spiro atoms. The number of rotatable bonds is 5. The number of hydrogen-bond acceptors (Lipinski definition) is 3. The molecule has 0 aliphatic carbocycles. The summed E-state index contributed by atoms with van der Waals surface area (Å²) < 4.78 is 7.44. The Bertz CT molecular complexity index is 1040. The number of ether oxygens (including phenoxy) is 1. The summed E-state index contributed by atoms with van der Waals surface area (Å²) in [5.74, 6) is 1.04. The number of amides is 1. The Hall–Kier alpha value is -2.08. The highest BCUT2D eigenvalue weighted by Crippen LogP contribution is 2.29. The van der Waals surface area contributed by atoms with Gasteiger partial charge in [-0.1, -0.05) is 53.0 Å². The molecule has 0 atom stereocenters. The zero-order valence-corrected chi connectivity index (χ0v) is 17.8. The van der Waals surface area contributed by atoms with Crippen molar-refractivity contribution in [1.29, 1.82) is 0 Å². The Morgan fingerprint density at radius 1 is 1.14 bits per heavy atom. The molecule has 0 N–H and O–H groups in total. The minimum atomic E-state index is 0.136. The molecule has 1 aliphatic heterocycles. The van der Waals surface area contributed by atoms with E-state index in [2.05, 4.69) is 29.7 Å². The van der Waals surface area contributed by atoms with Gasteiger partial charge in [0.05, 0.1) is 34.3 Å². The van der Waals surface area contributed by atoms with Crippen LogP contribution in [0.15, 0.2) is 36.4 Å². The van der Waals surface area contributed by atoms with Crippen LogP contribution in [0.5, 0.6) is 0 Å². The second-order valence-electron chi connectivity index (χ2n) is 7.34. The summed E-state index contributed by atoms with van der Waals surface area (Å²) in [7, 11) is 0. The van der Waals surface area contributed by atoms with Crippen molar-refractivity contribution in [3.8, 4) is 0 Å². The van der Waals surface area contributed by atoms with Crippen LogP contribution in [0.3, 0.4) is 0 Å². The number of halogens is 2. The van der Waals surface area contributed by atoms with Crippen LogP contribution in [-0.2, 0) is 22.5 Å². The van der Waals surface area contributed by atoms with Crippen molar-refractivity contribution in [3.63, 3.8) is 0 Å². The second kappa shape index (κ2) is 8.74. The smallest absolute Gasteiger partial charge is 0.224 e. The van der Waals surface area contributed by atoms with Crippen molar-refractivity contribution in [1.82, 2.24) is 14.5 Å². The number of fused-ring (bicyclic) bond motifs is 1. The van der Waals surface area contributed by atoms with Crippen molar-refractivity contribution >= 4 is 40.1 Å². The molecule has 1 fully saturated rings. The van der Waals surface area contributed by atoms with E-state index in [1.807, 2.05) is 17.0 Å². The molecule has 1 amide bonds. The molecular weight excluding hydrogens is 409 g/mol. The monoisotopic (exact) mass is 431 g/mol. The van der Waals surface area contributed by atoms with E-state index in [-0.39, 0.29) is 5.91 Å². The Morgan fingerprint density at radius 2 is 1.90 bits per heavy atom. The van der Waals surface area contributed by atoms with E-state index in [9.17, 15) is 4.79 Å². The zero-order valence-electron chi connectivity index (χ0n) is 16.3. The van der Waals surface area contributed by atoms with E-state index in [4.69, 9.17) is 32.9 Å². The molecule has 0 radical (unpaired) electrons. The van der Waals surface area contributed by atoms with Crippen LogP contribution in [0.1, 0.15) is 23.4 Å². The number of carbonyl (C=O) groups excluding carboxylic acids is 1. The molecule has 0 bridgehead atoms. The van der Waals surface area contributed by atoms with Crippen LogP contribution in [0.4, 0.5) is 0 Å². The lowest BCUT2D eigenvalue weighted by atomic mass is 10.1. The fourth-order valence-electron chi connectivity index (χ4n) is 3.74. The van der Waals surface area contributed by atoms with Gasteiger partial charge in [-0.25, -0.2) is 4.98 Å². The van der Waals surface area contributed by atoms with Crippen LogP contribution in [0.25, 0.3) is 11.0 Å². The molecule has 1 aromatic heterocycles. The largest absolute Gasteiger partial charge is 0.378 e. The third kappa shape index (κ3) is 4.58. The molecule has 152 valence electrons. The Balaban J connectivity index is 1.63. The third-order valence-electron chi connectivity index (χ3n) is 5.23. The number of benzene rings is 2. The number of imidazole rings is 1. The molecule has 1 saturated heterocycles. The van der Waals surface area contributed by atoms with E-state index < -0.39 is 0 Å². The normalized spacial score (nSPS) is 14.5. The average molecular weight is 432 g/mol. The van der Waals surface area contributed by atoms with Gasteiger partial charge in [-0.05, 0) is 24.6 Å². The van der Waals surface area contributed by atoms with Crippen molar-refractivity contribution in [3.05, 3.63) is 63.4 Å². The lowest BCUT2D eigenvalue weighted by Crippen LogP contribution is -2.41. The molecule has 3 aromatic rings. The van der Waals surface area contributed by atoms with E-state index in [0.29, 0.717) is 55.7 Å². The summed E-state index contributed by atoms with van der Waals surface area (Å²) in [5, 5.41) is 0.970. The van der Waals surface area contributed by atoms with Crippen LogP contribution in [-0.4, -0.2) is 46.7 Å². The quantitative estimate of drug-likeness (QED) is 0.597. The highest BCUT2D eigenvalue weighted by molar-refractivity contribution is 6.42. The molecule has 7 heteroatoms. The average Bonchev–Trinajstić information content (AvgIpc) is 3.03. The first kappa shape index (κ1) is 20.2. The summed E-state index contributed by atoms with van der Waals surface area (Å²) in [6.07, 6.45) is 1.09. The van der Waals surface area contributed by atoms with Gasteiger partial charge >= 0.3 is 0 Å². The lowest BCUT2D eigenvalue weighted by molar-refractivity contribution is -0.135. The standard InChI is InChI=1S/C22H23Cl2N3O2/c1-15-3-2-4-16(11-15)12-21-25-19-13-17(23)18(24)14-20(19)27(21)6-5-22(28)26-7-9-29-10-8-26/h2-4,11,13-14H,5-10,12H2,1H3. The second-order valence-corrected chi connectivity index (χ2v) is 8.16. The van der Waals surface area contributed by atoms with Gasteiger partial charge in [0.1, 0.15) is 5.82 Å². The first-order valence-electron chi connectivity index (χ1n) is 9.76. The summed E-state index contributed by atoms with van der Waals surface area (Å²) in [5.41, 5.74) is 4.08. The number of hydrogen-bond donors (Lipinski definition) is 0. The van der Waals surface area contributed by atoms with Crippen LogP contribution >= 0.6 is 23.2 Å². The maximum Gasteiger partial charge on any atom is 0.224 e. The van der Waals surface area contributed by atoms with E-state index >= 15 is 0 Å².